The van der Waals surface area contributed by atoms with Crippen molar-refractivity contribution in [2.75, 3.05) is 0 Å². The number of ether oxygens (including phenoxy) is 1. The van der Waals surface area contributed by atoms with Gasteiger partial charge >= 0.3 is 5.97 Å². The van der Waals surface area contributed by atoms with Gasteiger partial charge in [-0.1, -0.05) is 13.8 Å². The molecule has 0 rings (SSSR count). The number of allylic oxidation sites excluding steroid dienone is 2. The van der Waals surface area contributed by atoms with E-state index in [1.54, 1.807) is 0 Å². The van der Waals surface area contributed by atoms with Gasteiger partial charge < -0.3 is 4.74 Å². The van der Waals surface area contributed by atoms with E-state index in [4.69, 9.17) is 4.74 Å². The zero-order chi connectivity index (χ0) is 8.69. The quantitative estimate of drug-likeness (QED) is 0.462. The third-order valence-electron chi connectivity index (χ3n) is 1.20. The fraction of sp³-hybridized carbons (Fsp3) is 0.667. The van der Waals surface area contributed by atoms with Crippen LogP contribution in [0.25, 0.3) is 0 Å². The average Bonchev–Trinajstić information content (AvgIpc) is 1.87. The minimum Gasteiger partial charge on any atom is -0.432 e. The summed E-state index contributed by atoms with van der Waals surface area (Å²) in [5.74, 6) is 0.584. The van der Waals surface area contributed by atoms with Crippen molar-refractivity contribution in [3.63, 3.8) is 0 Å². The first kappa shape index (κ1) is 10.2. The van der Waals surface area contributed by atoms with E-state index in [2.05, 4.69) is 6.92 Å². The molecular weight excluding hydrogens is 140 g/mol. The van der Waals surface area contributed by atoms with Crippen LogP contribution in [0.1, 0.15) is 40.0 Å². The van der Waals surface area contributed by atoms with Crippen LogP contribution < -0.4 is 0 Å². The molecule has 0 aromatic rings. The smallest absolute Gasteiger partial charge is 0.307 e. The second-order valence-corrected chi connectivity index (χ2v) is 2.42. The van der Waals surface area contributed by atoms with Crippen molar-refractivity contribution in [3.8, 4) is 0 Å². The molecule has 0 unspecified atom stereocenters. The molecule has 2 nitrogen and oxygen atoms in total. The maximum Gasteiger partial charge on any atom is 0.307 e. The Morgan fingerprint density at radius 3 is 2.45 bits per heavy atom. The molecule has 0 aromatic carbocycles. The Balaban J connectivity index is 3.89. The zero-order valence-electron chi connectivity index (χ0n) is 7.52. The molecule has 0 heterocycles. The van der Waals surface area contributed by atoms with E-state index in [0.717, 1.165) is 25.0 Å². The molecule has 0 saturated heterocycles. The molecule has 0 N–H and O–H groups in total. The van der Waals surface area contributed by atoms with Crippen LogP contribution in [0.4, 0.5) is 0 Å². The van der Waals surface area contributed by atoms with E-state index in [-0.39, 0.29) is 5.97 Å². The fourth-order valence-corrected chi connectivity index (χ4v) is 0.853. The third-order valence-corrected chi connectivity index (χ3v) is 1.20. The highest BCUT2D eigenvalue weighted by Crippen LogP contribution is 2.07. The maximum atomic E-state index is 10.5. The number of carbonyl (C=O) groups is 1. The first-order valence-corrected chi connectivity index (χ1v) is 4.08. The summed E-state index contributed by atoms with van der Waals surface area (Å²) in [5, 5.41) is 0. The molecule has 0 amide bonds. The Bertz CT molecular complexity index is 148. The highest BCUT2D eigenvalue weighted by Gasteiger charge is 1.98. The zero-order valence-corrected chi connectivity index (χ0v) is 7.52. The van der Waals surface area contributed by atoms with Crippen molar-refractivity contribution in [2.45, 2.75) is 40.0 Å². The summed E-state index contributed by atoms with van der Waals surface area (Å²) in [7, 11) is 0. The normalized spacial score (nSPS) is 11.4. The summed E-state index contributed by atoms with van der Waals surface area (Å²) in [6, 6.07) is 0. The van der Waals surface area contributed by atoms with E-state index in [9.17, 15) is 4.79 Å². The van der Waals surface area contributed by atoms with Crippen molar-refractivity contribution in [3.05, 3.63) is 11.8 Å². The molecule has 0 aliphatic rings. The number of esters is 1. The number of carbonyl (C=O) groups excluding carboxylic acids is 1. The van der Waals surface area contributed by atoms with Gasteiger partial charge in [0, 0.05) is 13.3 Å². The highest BCUT2D eigenvalue weighted by molar-refractivity contribution is 5.67. The van der Waals surface area contributed by atoms with Crippen molar-refractivity contribution < 1.29 is 9.53 Å². The molecule has 0 fully saturated rings. The summed E-state index contributed by atoms with van der Waals surface area (Å²) in [6.45, 7) is 5.52. The first-order valence-electron chi connectivity index (χ1n) is 4.08. The summed E-state index contributed by atoms with van der Waals surface area (Å²) in [4.78, 5) is 10.5. The molecule has 0 bridgehead atoms. The molecule has 11 heavy (non-hydrogen) atoms. The lowest BCUT2D eigenvalue weighted by Crippen LogP contribution is -1.98. The van der Waals surface area contributed by atoms with Crippen LogP contribution in [0.2, 0.25) is 0 Å². The molecule has 0 aliphatic heterocycles. The molecule has 0 saturated carbocycles. The van der Waals surface area contributed by atoms with Gasteiger partial charge in [0.15, 0.2) is 0 Å². The first-order chi connectivity index (χ1) is 5.20. The van der Waals surface area contributed by atoms with Gasteiger partial charge in [-0.05, 0) is 18.9 Å². The molecule has 0 atom stereocenters. The van der Waals surface area contributed by atoms with Gasteiger partial charge in [0.05, 0.1) is 0 Å². The lowest BCUT2D eigenvalue weighted by atomic mass is 10.2. The van der Waals surface area contributed by atoms with Gasteiger partial charge in [-0.15, -0.1) is 0 Å². The maximum absolute atomic E-state index is 10.5. The second kappa shape index (κ2) is 5.96. The predicted octanol–water partition coefficient (Wildman–Crippen LogP) is 2.64. The van der Waals surface area contributed by atoms with Gasteiger partial charge in [0.2, 0.25) is 0 Å². The third kappa shape index (κ3) is 5.64. The number of hydrogen-bond donors (Lipinski definition) is 0. The largest absolute Gasteiger partial charge is 0.432 e. The van der Waals surface area contributed by atoms with Crippen LogP contribution >= 0.6 is 0 Å². The second-order valence-electron chi connectivity index (χ2n) is 2.42. The van der Waals surface area contributed by atoms with Gasteiger partial charge in [-0.3, -0.25) is 4.79 Å². The average molecular weight is 156 g/mol. The van der Waals surface area contributed by atoms with E-state index in [1.165, 1.54) is 6.92 Å². The summed E-state index contributed by atoms with van der Waals surface area (Å²) >= 11 is 0. The lowest BCUT2D eigenvalue weighted by molar-refractivity contribution is -0.137. The van der Waals surface area contributed by atoms with Crippen molar-refractivity contribution >= 4 is 5.97 Å². The molecular formula is C9H16O2. The number of hydrogen-bond acceptors (Lipinski definition) is 2. The van der Waals surface area contributed by atoms with E-state index in [0.29, 0.717) is 0 Å². The molecule has 64 valence electrons. The predicted molar refractivity (Wildman–Crippen MR) is 45.0 cm³/mol. The van der Waals surface area contributed by atoms with Crippen LogP contribution in [0.3, 0.4) is 0 Å². The van der Waals surface area contributed by atoms with Gasteiger partial charge in [-0.2, -0.15) is 0 Å². The SMILES string of the molecule is CC/C=C(/CCC)OC(C)=O. The molecule has 0 spiro atoms. The fourth-order valence-electron chi connectivity index (χ4n) is 0.853. The summed E-state index contributed by atoms with van der Waals surface area (Å²) < 4.78 is 4.95. The van der Waals surface area contributed by atoms with Crippen molar-refractivity contribution in [2.24, 2.45) is 0 Å². The minimum absolute atomic E-state index is 0.224. The van der Waals surface area contributed by atoms with E-state index in [1.807, 2.05) is 13.0 Å². The van der Waals surface area contributed by atoms with Crippen LogP contribution in [0.5, 0.6) is 0 Å². The Hall–Kier alpha value is -0.790. The van der Waals surface area contributed by atoms with Crippen LogP contribution in [0.15, 0.2) is 11.8 Å². The Kier molecular flexibility index (Phi) is 5.53. The van der Waals surface area contributed by atoms with Crippen LogP contribution in [-0.2, 0) is 9.53 Å². The van der Waals surface area contributed by atoms with Crippen LogP contribution in [0, 0.1) is 0 Å². The molecule has 0 aliphatic carbocycles. The van der Waals surface area contributed by atoms with Crippen molar-refractivity contribution in [1.29, 1.82) is 0 Å². The van der Waals surface area contributed by atoms with Gasteiger partial charge in [0.25, 0.3) is 0 Å². The minimum atomic E-state index is -0.224. The monoisotopic (exact) mass is 156 g/mol. The van der Waals surface area contributed by atoms with E-state index < -0.39 is 0 Å². The molecule has 0 aromatic heterocycles. The Morgan fingerprint density at radius 2 is 2.09 bits per heavy atom. The van der Waals surface area contributed by atoms with E-state index >= 15 is 0 Å². The molecule has 2 heteroatoms. The van der Waals surface area contributed by atoms with Crippen molar-refractivity contribution in [1.82, 2.24) is 0 Å². The Labute approximate surface area is 68.2 Å². The standard InChI is InChI=1S/C9H16O2/c1-4-6-9(7-5-2)11-8(3)10/h6H,4-5,7H2,1-3H3/b9-6-. The lowest BCUT2D eigenvalue weighted by Gasteiger charge is -2.03. The number of rotatable bonds is 4. The topological polar surface area (TPSA) is 26.3 Å². The van der Waals surface area contributed by atoms with Gasteiger partial charge in [-0.25, -0.2) is 0 Å². The van der Waals surface area contributed by atoms with Crippen LogP contribution in [-0.4, -0.2) is 5.97 Å². The van der Waals surface area contributed by atoms with Gasteiger partial charge in [0.1, 0.15) is 5.76 Å². The highest BCUT2D eigenvalue weighted by atomic mass is 16.5. The summed E-state index contributed by atoms with van der Waals surface area (Å²) in [6.07, 6.45) is 4.74. The summed E-state index contributed by atoms with van der Waals surface area (Å²) in [5.41, 5.74) is 0. The molecule has 0 radical (unpaired) electrons. The Morgan fingerprint density at radius 1 is 1.45 bits per heavy atom.